The van der Waals surface area contributed by atoms with E-state index < -0.39 is 0 Å². The SMILES string of the molecule is CCCCCCCCCOC(=O)CCCC(=O)OC(C)CCCC. The molecule has 0 spiro atoms. The lowest BCUT2D eigenvalue weighted by Gasteiger charge is -2.12. The van der Waals surface area contributed by atoms with Gasteiger partial charge in [0.05, 0.1) is 12.7 Å². The van der Waals surface area contributed by atoms with Crippen LogP contribution in [0.3, 0.4) is 0 Å². The van der Waals surface area contributed by atoms with Crippen LogP contribution in [0.1, 0.15) is 104 Å². The smallest absolute Gasteiger partial charge is 0.306 e. The molecule has 0 aliphatic carbocycles. The van der Waals surface area contributed by atoms with Crippen molar-refractivity contribution in [2.24, 2.45) is 0 Å². The zero-order valence-electron chi connectivity index (χ0n) is 16.1. The summed E-state index contributed by atoms with van der Waals surface area (Å²) in [7, 11) is 0. The van der Waals surface area contributed by atoms with Crippen molar-refractivity contribution in [1.82, 2.24) is 0 Å². The van der Waals surface area contributed by atoms with E-state index in [1.165, 1.54) is 32.1 Å². The third-order valence-corrected chi connectivity index (χ3v) is 4.07. The van der Waals surface area contributed by atoms with Gasteiger partial charge in [-0.15, -0.1) is 0 Å². The predicted molar refractivity (Wildman–Crippen MR) is 97.9 cm³/mol. The first-order chi connectivity index (χ1) is 11.6. The molecule has 4 nitrogen and oxygen atoms in total. The molecule has 0 aromatic rings. The van der Waals surface area contributed by atoms with E-state index in [4.69, 9.17) is 9.47 Å². The third-order valence-electron chi connectivity index (χ3n) is 4.07. The van der Waals surface area contributed by atoms with Gasteiger partial charge in [-0.2, -0.15) is 0 Å². The number of esters is 2. The highest BCUT2D eigenvalue weighted by molar-refractivity contribution is 5.72. The summed E-state index contributed by atoms with van der Waals surface area (Å²) in [6, 6.07) is 0. The summed E-state index contributed by atoms with van der Waals surface area (Å²) in [6.07, 6.45) is 12.6. The molecule has 0 fully saturated rings. The summed E-state index contributed by atoms with van der Waals surface area (Å²) in [5.74, 6) is -0.411. The van der Waals surface area contributed by atoms with Gasteiger partial charge in [-0.25, -0.2) is 0 Å². The average Bonchev–Trinajstić information content (AvgIpc) is 2.55. The quantitative estimate of drug-likeness (QED) is 0.272. The van der Waals surface area contributed by atoms with E-state index in [0.29, 0.717) is 25.9 Å². The lowest BCUT2D eigenvalue weighted by atomic mass is 10.1. The lowest BCUT2D eigenvalue weighted by molar-refractivity contribution is -0.149. The van der Waals surface area contributed by atoms with E-state index in [1.54, 1.807) is 0 Å². The topological polar surface area (TPSA) is 52.6 Å². The van der Waals surface area contributed by atoms with E-state index in [9.17, 15) is 9.59 Å². The van der Waals surface area contributed by atoms with E-state index in [0.717, 1.165) is 32.1 Å². The zero-order chi connectivity index (χ0) is 18.0. The van der Waals surface area contributed by atoms with Crippen LogP contribution in [-0.4, -0.2) is 24.6 Å². The largest absolute Gasteiger partial charge is 0.466 e. The lowest BCUT2D eigenvalue weighted by Crippen LogP contribution is -2.15. The Hall–Kier alpha value is -1.06. The van der Waals surface area contributed by atoms with Gasteiger partial charge in [-0.3, -0.25) is 9.59 Å². The molecule has 0 saturated heterocycles. The van der Waals surface area contributed by atoms with Crippen molar-refractivity contribution in [2.45, 2.75) is 110 Å². The van der Waals surface area contributed by atoms with E-state index in [2.05, 4.69) is 13.8 Å². The molecule has 0 aliphatic rings. The van der Waals surface area contributed by atoms with Gasteiger partial charge in [0.1, 0.15) is 0 Å². The number of carbonyl (C=O) groups excluding carboxylic acids is 2. The highest BCUT2D eigenvalue weighted by Crippen LogP contribution is 2.09. The Morgan fingerprint density at radius 1 is 0.750 bits per heavy atom. The molecule has 0 bridgehead atoms. The molecular formula is C20H38O4. The van der Waals surface area contributed by atoms with E-state index in [-0.39, 0.29) is 18.0 Å². The van der Waals surface area contributed by atoms with Gasteiger partial charge >= 0.3 is 11.9 Å². The molecule has 4 heteroatoms. The van der Waals surface area contributed by atoms with Crippen molar-refractivity contribution in [3.05, 3.63) is 0 Å². The van der Waals surface area contributed by atoms with Crippen molar-refractivity contribution in [3.63, 3.8) is 0 Å². The van der Waals surface area contributed by atoms with Crippen LogP contribution in [0.5, 0.6) is 0 Å². The Bertz CT molecular complexity index is 315. The van der Waals surface area contributed by atoms with Crippen molar-refractivity contribution < 1.29 is 19.1 Å². The first kappa shape index (κ1) is 22.9. The second-order valence-corrected chi connectivity index (χ2v) is 6.64. The molecule has 0 amide bonds. The van der Waals surface area contributed by atoms with Gasteiger partial charge in [0.15, 0.2) is 0 Å². The van der Waals surface area contributed by atoms with Crippen LogP contribution in [0.4, 0.5) is 0 Å². The van der Waals surface area contributed by atoms with Crippen molar-refractivity contribution in [3.8, 4) is 0 Å². The molecule has 0 rings (SSSR count). The van der Waals surface area contributed by atoms with Gasteiger partial charge in [-0.05, 0) is 26.2 Å². The van der Waals surface area contributed by atoms with E-state index in [1.807, 2.05) is 6.92 Å². The molecule has 1 unspecified atom stereocenters. The summed E-state index contributed by atoms with van der Waals surface area (Å²) in [5.41, 5.74) is 0. The highest BCUT2D eigenvalue weighted by atomic mass is 16.5. The first-order valence-electron chi connectivity index (χ1n) is 9.95. The maximum atomic E-state index is 11.6. The number of unbranched alkanes of at least 4 members (excludes halogenated alkanes) is 7. The minimum absolute atomic E-state index is 0.0262. The predicted octanol–water partition coefficient (Wildman–Crippen LogP) is 5.57. The third kappa shape index (κ3) is 15.8. The second kappa shape index (κ2) is 16.8. The number of hydrogen-bond donors (Lipinski definition) is 0. The molecule has 0 N–H and O–H groups in total. The maximum Gasteiger partial charge on any atom is 0.306 e. The van der Waals surface area contributed by atoms with Gasteiger partial charge in [0, 0.05) is 12.8 Å². The fourth-order valence-electron chi connectivity index (χ4n) is 2.53. The standard InChI is InChI=1S/C20H38O4/c1-4-6-8-9-10-11-12-17-23-19(21)15-13-16-20(22)24-18(3)14-7-5-2/h18H,4-17H2,1-3H3. The molecule has 0 aromatic carbocycles. The highest BCUT2D eigenvalue weighted by Gasteiger charge is 2.10. The Morgan fingerprint density at radius 2 is 1.33 bits per heavy atom. The minimum Gasteiger partial charge on any atom is -0.466 e. The number of ether oxygens (including phenoxy) is 2. The van der Waals surface area contributed by atoms with Crippen LogP contribution in [0.2, 0.25) is 0 Å². The van der Waals surface area contributed by atoms with Gasteiger partial charge in [-0.1, -0.05) is 65.2 Å². The molecule has 1 atom stereocenters. The number of hydrogen-bond acceptors (Lipinski definition) is 4. The fraction of sp³-hybridized carbons (Fsp3) is 0.900. The maximum absolute atomic E-state index is 11.6. The Kier molecular flexibility index (Phi) is 16.0. The molecule has 0 saturated carbocycles. The summed E-state index contributed by atoms with van der Waals surface area (Å²) in [6.45, 7) is 6.76. The Labute approximate surface area is 148 Å². The zero-order valence-corrected chi connectivity index (χ0v) is 16.1. The van der Waals surface area contributed by atoms with Gasteiger partial charge in [0.25, 0.3) is 0 Å². The van der Waals surface area contributed by atoms with Crippen LogP contribution in [0.15, 0.2) is 0 Å². The molecule has 0 aromatic heterocycles. The normalized spacial score (nSPS) is 12.0. The van der Waals surface area contributed by atoms with Crippen LogP contribution >= 0.6 is 0 Å². The Balaban J connectivity index is 3.44. The summed E-state index contributed by atoms with van der Waals surface area (Å²) < 4.78 is 10.5. The summed E-state index contributed by atoms with van der Waals surface area (Å²) in [4.78, 5) is 23.2. The van der Waals surface area contributed by atoms with Crippen LogP contribution in [-0.2, 0) is 19.1 Å². The summed E-state index contributed by atoms with van der Waals surface area (Å²) >= 11 is 0. The molecule has 24 heavy (non-hydrogen) atoms. The van der Waals surface area contributed by atoms with Gasteiger partial charge < -0.3 is 9.47 Å². The molecule has 0 aliphatic heterocycles. The fourth-order valence-corrected chi connectivity index (χ4v) is 2.53. The summed E-state index contributed by atoms with van der Waals surface area (Å²) in [5, 5.41) is 0. The van der Waals surface area contributed by atoms with Crippen molar-refractivity contribution in [2.75, 3.05) is 6.61 Å². The average molecular weight is 343 g/mol. The number of rotatable bonds is 16. The van der Waals surface area contributed by atoms with Crippen LogP contribution in [0, 0.1) is 0 Å². The number of carbonyl (C=O) groups is 2. The molecular weight excluding hydrogens is 304 g/mol. The monoisotopic (exact) mass is 342 g/mol. The Morgan fingerprint density at radius 3 is 2.00 bits per heavy atom. The molecule has 142 valence electrons. The second-order valence-electron chi connectivity index (χ2n) is 6.64. The van der Waals surface area contributed by atoms with Gasteiger partial charge in [0.2, 0.25) is 0 Å². The minimum atomic E-state index is -0.210. The van der Waals surface area contributed by atoms with Crippen molar-refractivity contribution >= 4 is 11.9 Å². The van der Waals surface area contributed by atoms with Crippen LogP contribution < -0.4 is 0 Å². The van der Waals surface area contributed by atoms with E-state index >= 15 is 0 Å². The van der Waals surface area contributed by atoms with Crippen molar-refractivity contribution in [1.29, 1.82) is 0 Å². The molecule has 0 radical (unpaired) electrons. The molecule has 0 heterocycles. The van der Waals surface area contributed by atoms with Crippen LogP contribution in [0.25, 0.3) is 0 Å². The first-order valence-corrected chi connectivity index (χ1v) is 9.95.